The van der Waals surface area contributed by atoms with Gasteiger partial charge in [0.15, 0.2) is 0 Å². The van der Waals surface area contributed by atoms with Crippen LogP contribution in [-0.2, 0) is 24.0 Å². The van der Waals surface area contributed by atoms with E-state index in [0.717, 1.165) is 6.42 Å². The van der Waals surface area contributed by atoms with Gasteiger partial charge in [0.25, 0.3) is 11.8 Å². The predicted molar refractivity (Wildman–Crippen MR) is 68.9 cm³/mol. The maximum Gasteiger partial charge on any atom is 0.333 e. The van der Waals surface area contributed by atoms with Crippen LogP contribution in [0.3, 0.4) is 0 Å². The summed E-state index contributed by atoms with van der Waals surface area (Å²) in [6.07, 6.45) is 0.800. The van der Waals surface area contributed by atoms with Crippen LogP contribution >= 0.6 is 0 Å². The van der Waals surface area contributed by atoms with Gasteiger partial charge in [-0.15, -0.1) is 5.06 Å². The Balaban J connectivity index is 2.21. The summed E-state index contributed by atoms with van der Waals surface area (Å²) in [5, 5.41) is 3.17. The summed E-state index contributed by atoms with van der Waals surface area (Å²) < 4.78 is 0. The van der Waals surface area contributed by atoms with Gasteiger partial charge in [0.1, 0.15) is 0 Å². The number of rotatable bonds is 7. The highest BCUT2D eigenvalue weighted by molar-refractivity contribution is 6.01. The minimum Gasteiger partial charge on any atom is -0.356 e. The maximum absolute atomic E-state index is 11.4. The van der Waals surface area contributed by atoms with Gasteiger partial charge in [-0.05, 0) is 12.3 Å². The van der Waals surface area contributed by atoms with E-state index in [1.807, 2.05) is 13.8 Å². The van der Waals surface area contributed by atoms with Crippen LogP contribution in [-0.4, -0.2) is 35.3 Å². The van der Waals surface area contributed by atoms with Gasteiger partial charge >= 0.3 is 5.97 Å². The van der Waals surface area contributed by atoms with Crippen LogP contribution in [0.15, 0.2) is 0 Å². The van der Waals surface area contributed by atoms with Crippen molar-refractivity contribution >= 4 is 23.7 Å². The second kappa shape index (κ2) is 7.62. The number of carbonyl (C=O) groups excluding carboxylic acids is 4. The molecule has 1 N–H and O–H groups in total. The lowest BCUT2D eigenvalue weighted by Gasteiger charge is -2.12. The van der Waals surface area contributed by atoms with E-state index in [0.29, 0.717) is 17.5 Å². The van der Waals surface area contributed by atoms with Gasteiger partial charge in [-0.3, -0.25) is 14.4 Å². The van der Waals surface area contributed by atoms with E-state index >= 15 is 0 Å². The van der Waals surface area contributed by atoms with Crippen LogP contribution in [0, 0.1) is 5.92 Å². The van der Waals surface area contributed by atoms with Crippen molar-refractivity contribution in [3.05, 3.63) is 0 Å². The van der Waals surface area contributed by atoms with Gasteiger partial charge in [-0.25, -0.2) is 4.79 Å². The molecule has 1 saturated heterocycles. The fourth-order valence-corrected chi connectivity index (χ4v) is 1.61. The zero-order valence-corrected chi connectivity index (χ0v) is 11.8. The molecule has 0 bridgehead atoms. The SMILES string of the molecule is CC(C)CCNC(=O)CCC(=O)ON1C(=O)CCC1=O. The fourth-order valence-electron chi connectivity index (χ4n) is 1.61. The van der Waals surface area contributed by atoms with Crippen molar-refractivity contribution in [2.24, 2.45) is 5.92 Å². The van der Waals surface area contributed by atoms with Crippen LogP contribution in [0.25, 0.3) is 0 Å². The topological polar surface area (TPSA) is 92.8 Å². The number of hydroxylamine groups is 2. The molecule has 0 atom stereocenters. The average molecular weight is 284 g/mol. The molecule has 7 nitrogen and oxygen atoms in total. The number of nitrogens with zero attached hydrogens (tertiary/aromatic N) is 1. The Morgan fingerprint density at radius 1 is 1.20 bits per heavy atom. The van der Waals surface area contributed by atoms with E-state index in [4.69, 9.17) is 0 Å². The second-order valence-corrected chi connectivity index (χ2v) is 5.08. The van der Waals surface area contributed by atoms with Crippen molar-refractivity contribution in [1.82, 2.24) is 10.4 Å². The van der Waals surface area contributed by atoms with Gasteiger partial charge in [0.2, 0.25) is 5.91 Å². The first-order chi connectivity index (χ1) is 9.40. The molecule has 1 aliphatic heterocycles. The Hall–Kier alpha value is -1.92. The molecule has 0 aromatic carbocycles. The largest absolute Gasteiger partial charge is 0.356 e. The van der Waals surface area contributed by atoms with Crippen molar-refractivity contribution in [3.8, 4) is 0 Å². The first kappa shape index (κ1) is 16.1. The number of amides is 3. The first-order valence-electron chi connectivity index (χ1n) is 6.73. The lowest BCUT2D eigenvalue weighted by molar-refractivity contribution is -0.197. The molecule has 7 heteroatoms. The van der Waals surface area contributed by atoms with Gasteiger partial charge in [-0.1, -0.05) is 13.8 Å². The summed E-state index contributed by atoms with van der Waals surface area (Å²) in [6, 6.07) is 0. The summed E-state index contributed by atoms with van der Waals surface area (Å²) in [5.41, 5.74) is 0. The maximum atomic E-state index is 11.4. The summed E-state index contributed by atoms with van der Waals surface area (Å²) in [6.45, 7) is 4.66. The molecule has 112 valence electrons. The van der Waals surface area contributed by atoms with E-state index in [9.17, 15) is 19.2 Å². The third-order valence-electron chi connectivity index (χ3n) is 2.80. The summed E-state index contributed by atoms with van der Waals surface area (Å²) in [4.78, 5) is 49.9. The zero-order valence-electron chi connectivity index (χ0n) is 11.8. The zero-order chi connectivity index (χ0) is 15.1. The Kier molecular flexibility index (Phi) is 6.14. The number of nitrogens with one attached hydrogen (secondary N) is 1. The first-order valence-corrected chi connectivity index (χ1v) is 6.73. The van der Waals surface area contributed by atoms with E-state index in [1.165, 1.54) is 0 Å². The van der Waals surface area contributed by atoms with Crippen LogP contribution in [0.2, 0.25) is 0 Å². The third kappa shape index (κ3) is 5.38. The monoisotopic (exact) mass is 284 g/mol. The van der Waals surface area contributed by atoms with Crippen LogP contribution < -0.4 is 5.32 Å². The average Bonchev–Trinajstić information content (AvgIpc) is 2.68. The molecule has 1 aliphatic rings. The van der Waals surface area contributed by atoms with Crippen LogP contribution in [0.4, 0.5) is 0 Å². The lowest BCUT2D eigenvalue weighted by Crippen LogP contribution is -2.32. The number of carbonyl (C=O) groups is 4. The Labute approximate surface area is 117 Å². The van der Waals surface area contributed by atoms with Crippen LogP contribution in [0.5, 0.6) is 0 Å². The van der Waals surface area contributed by atoms with E-state index in [-0.39, 0.29) is 31.6 Å². The fraction of sp³-hybridized carbons (Fsp3) is 0.692. The highest BCUT2D eigenvalue weighted by Gasteiger charge is 2.32. The Morgan fingerprint density at radius 2 is 1.80 bits per heavy atom. The molecule has 1 heterocycles. The van der Waals surface area contributed by atoms with Crippen molar-refractivity contribution in [2.75, 3.05) is 6.54 Å². The van der Waals surface area contributed by atoms with Gasteiger partial charge < -0.3 is 10.2 Å². The van der Waals surface area contributed by atoms with Gasteiger partial charge in [0, 0.05) is 25.8 Å². The van der Waals surface area contributed by atoms with Gasteiger partial charge in [0.05, 0.1) is 6.42 Å². The molecule has 3 amide bonds. The quantitative estimate of drug-likeness (QED) is 0.689. The minimum absolute atomic E-state index is 0.0207. The Morgan fingerprint density at radius 3 is 2.35 bits per heavy atom. The molecule has 20 heavy (non-hydrogen) atoms. The summed E-state index contributed by atoms with van der Waals surface area (Å²) >= 11 is 0. The normalized spacial score (nSPS) is 14.8. The molecular formula is C13H20N2O5. The molecule has 0 aliphatic carbocycles. The number of imide groups is 1. The molecule has 0 aromatic heterocycles. The standard InChI is InChI=1S/C13H20N2O5/c1-9(2)7-8-14-10(16)3-6-13(19)20-15-11(17)4-5-12(15)18/h9H,3-8H2,1-2H3,(H,14,16). The molecular weight excluding hydrogens is 264 g/mol. The number of hydrogen-bond donors (Lipinski definition) is 1. The van der Waals surface area contributed by atoms with Crippen molar-refractivity contribution in [1.29, 1.82) is 0 Å². The minimum atomic E-state index is -0.757. The third-order valence-corrected chi connectivity index (χ3v) is 2.80. The van der Waals surface area contributed by atoms with Gasteiger partial charge in [-0.2, -0.15) is 0 Å². The van der Waals surface area contributed by atoms with E-state index in [1.54, 1.807) is 0 Å². The lowest BCUT2D eigenvalue weighted by atomic mass is 10.1. The molecule has 0 aromatic rings. The van der Waals surface area contributed by atoms with Crippen molar-refractivity contribution in [2.45, 2.75) is 46.0 Å². The number of hydrogen-bond acceptors (Lipinski definition) is 5. The van der Waals surface area contributed by atoms with E-state index < -0.39 is 17.8 Å². The predicted octanol–water partition coefficient (Wildman–Crippen LogP) is 0.536. The highest BCUT2D eigenvalue weighted by atomic mass is 16.7. The second-order valence-electron chi connectivity index (χ2n) is 5.08. The summed E-state index contributed by atoms with van der Waals surface area (Å²) in [5.74, 6) is -1.56. The molecule has 1 fully saturated rings. The molecule has 0 spiro atoms. The van der Waals surface area contributed by atoms with Crippen molar-refractivity contribution in [3.63, 3.8) is 0 Å². The van der Waals surface area contributed by atoms with Crippen molar-refractivity contribution < 1.29 is 24.0 Å². The Bertz CT molecular complexity index is 390. The van der Waals surface area contributed by atoms with E-state index in [2.05, 4.69) is 10.2 Å². The summed E-state index contributed by atoms with van der Waals surface area (Å²) in [7, 11) is 0. The molecule has 1 rings (SSSR count). The molecule has 0 radical (unpaired) electrons. The van der Waals surface area contributed by atoms with Crippen LogP contribution in [0.1, 0.15) is 46.0 Å². The highest BCUT2D eigenvalue weighted by Crippen LogP contribution is 2.12. The molecule has 0 unspecified atom stereocenters. The molecule has 0 saturated carbocycles. The smallest absolute Gasteiger partial charge is 0.333 e.